The van der Waals surface area contributed by atoms with E-state index in [1.807, 2.05) is 24.3 Å². The van der Waals surface area contributed by atoms with Crippen molar-refractivity contribution in [2.75, 3.05) is 18.4 Å². The van der Waals surface area contributed by atoms with Crippen molar-refractivity contribution in [1.29, 1.82) is 0 Å². The third kappa shape index (κ3) is 5.50. The Balaban J connectivity index is 1.65. The number of ether oxygens (including phenoxy) is 1. The average molecular weight is 492 g/mol. The molecule has 2 aromatic rings. The van der Waals surface area contributed by atoms with E-state index in [1.165, 1.54) is 11.2 Å². The maximum Gasteiger partial charge on any atom is 0.311 e. The molecule has 0 spiro atoms. The van der Waals surface area contributed by atoms with Crippen molar-refractivity contribution in [2.24, 2.45) is 5.92 Å². The highest BCUT2D eigenvalue weighted by atomic mass is 32.2. The largest absolute Gasteiger partial charge is 0.452 e. The summed E-state index contributed by atoms with van der Waals surface area (Å²) in [5, 5.41) is 6.59. The molecule has 1 fully saturated rings. The Morgan fingerprint density at radius 1 is 1.26 bits per heavy atom. The zero-order valence-corrected chi connectivity index (χ0v) is 21.1. The number of hydrogen-bond donors (Lipinski definition) is 1. The fourth-order valence-electron chi connectivity index (χ4n) is 4.14. The smallest absolute Gasteiger partial charge is 0.311 e. The number of sulfonamides is 1. The van der Waals surface area contributed by atoms with Crippen LogP contribution in [0.4, 0.5) is 5.69 Å². The minimum Gasteiger partial charge on any atom is -0.452 e. The predicted molar refractivity (Wildman–Crippen MR) is 127 cm³/mol. The second-order valence-electron chi connectivity index (χ2n) is 8.82. The molecule has 0 bridgehead atoms. The van der Waals surface area contributed by atoms with E-state index in [9.17, 15) is 18.0 Å². The maximum atomic E-state index is 13.1. The monoisotopic (exact) mass is 491 g/mol. The highest BCUT2D eigenvalue weighted by molar-refractivity contribution is 7.89. The number of carbonyl (C=O) groups is 2. The van der Waals surface area contributed by atoms with Gasteiger partial charge in [0.25, 0.3) is 5.91 Å². The predicted octanol–water partition coefficient (Wildman–Crippen LogP) is 3.78. The average Bonchev–Trinajstić information content (AvgIpc) is 3.17. The number of amides is 1. The number of nitrogens with one attached hydrogen (secondary N) is 1. The van der Waals surface area contributed by atoms with Crippen LogP contribution in [-0.4, -0.2) is 48.9 Å². The van der Waals surface area contributed by atoms with Gasteiger partial charge in [0.2, 0.25) is 10.0 Å². The molecule has 1 aliphatic rings. The molecule has 1 aliphatic heterocycles. The molecule has 186 valence electrons. The lowest BCUT2D eigenvalue weighted by atomic mass is 9.97. The normalized spacial score (nSPS) is 18.8. The summed E-state index contributed by atoms with van der Waals surface area (Å²) < 4.78 is 38.0. The maximum absolute atomic E-state index is 13.1. The van der Waals surface area contributed by atoms with E-state index in [2.05, 4.69) is 24.3 Å². The van der Waals surface area contributed by atoms with Crippen LogP contribution in [0.1, 0.15) is 63.0 Å². The van der Waals surface area contributed by atoms with E-state index in [0.717, 1.165) is 12.0 Å². The molecule has 1 aromatic carbocycles. The van der Waals surface area contributed by atoms with Gasteiger partial charge in [-0.25, -0.2) is 8.42 Å². The summed E-state index contributed by atoms with van der Waals surface area (Å²) in [7, 11) is -3.86. The Bertz CT molecular complexity index is 1120. The van der Waals surface area contributed by atoms with Crippen LogP contribution in [-0.2, 0) is 24.3 Å². The number of hydrogen-bond acceptors (Lipinski definition) is 7. The van der Waals surface area contributed by atoms with Crippen molar-refractivity contribution >= 4 is 27.6 Å². The molecule has 3 unspecified atom stereocenters. The molecule has 1 amide bonds. The molecule has 3 rings (SSSR count). The van der Waals surface area contributed by atoms with Crippen LogP contribution < -0.4 is 5.32 Å². The Labute approximate surface area is 200 Å². The van der Waals surface area contributed by atoms with Crippen molar-refractivity contribution in [2.45, 2.75) is 70.8 Å². The SMILES string of the molecule is CCC(C)c1ccccc1NC(=O)C(C)OC(=O)C1CCCN(S(=O)(=O)c2c(C)noc2C)C1. The number of carbonyl (C=O) groups excluding carboxylic acids is 2. The second kappa shape index (κ2) is 10.7. The number of nitrogens with zero attached hydrogens (tertiary/aromatic N) is 2. The fraction of sp³-hybridized carbons (Fsp3) is 0.542. The summed E-state index contributed by atoms with van der Waals surface area (Å²) in [6.45, 7) is 9.06. The van der Waals surface area contributed by atoms with Crippen LogP contribution in [0, 0.1) is 19.8 Å². The highest BCUT2D eigenvalue weighted by Crippen LogP contribution is 2.29. The lowest BCUT2D eigenvalue weighted by molar-refractivity contribution is -0.158. The van der Waals surface area contributed by atoms with Gasteiger partial charge in [0.05, 0.1) is 5.92 Å². The van der Waals surface area contributed by atoms with Gasteiger partial charge in [0.1, 0.15) is 10.6 Å². The second-order valence-corrected chi connectivity index (χ2v) is 10.7. The molecule has 9 nitrogen and oxygen atoms in total. The third-order valence-corrected chi connectivity index (χ3v) is 8.42. The molecule has 1 aromatic heterocycles. The molecular weight excluding hydrogens is 458 g/mol. The van der Waals surface area contributed by atoms with E-state index < -0.39 is 33.9 Å². The molecule has 10 heteroatoms. The van der Waals surface area contributed by atoms with E-state index >= 15 is 0 Å². The number of anilines is 1. The van der Waals surface area contributed by atoms with Gasteiger partial charge < -0.3 is 14.6 Å². The summed E-state index contributed by atoms with van der Waals surface area (Å²) in [6.07, 6.45) is 0.891. The quantitative estimate of drug-likeness (QED) is 0.558. The Kier molecular flexibility index (Phi) is 8.14. The number of aryl methyl sites for hydroxylation is 2. The molecule has 0 aliphatic carbocycles. The van der Waals surface area contributed by atoms with E-state index in [1.54, 1.807) is 13.8 Å². The molecule has 0 saturated carbocycles. The van der Waals surface area contributed by atoms with Gasteiger partial charge in [-0.3, -0.25) is 9.59 Å². The van der Waals surface area contributed by atoms with Gasteiger partial charge in [0.15, 0.2) is 11.9 Å². The van der Waals surface area contributed by atoms with Crippen LogP contribution in [0.5, 0.6) is 0 Å². The summed E-state index contributed by atoms with van der Waals surface area (Å²) in [4.78, 5) is 25.6. The van der Waals surface area contributed by atoms with Crippen LogP contribution in [0.15, 0.2) is 33.7 Å². The topological polar surface area (TPSA) is 119 Å². The lowest BCUT2D eigenvalue weighted by Gasteiger charge is -2.31. The third-order valence-electron chi connectivity index (χ3n) is 6.31. The lowest BCUT2D eigenvalue weighted by Crippen LogP contribution is -2.44. The highest BCUT2D eigenvalue weighted by Gasteiger charge is 2.37. The molecule has 0 radical (unpaired) electrons. The first kappa shape index (κ1) is 25.9. The van der Waals surface area contributed by atoms with Gasteiger partial charge in [-0.1, -0.05) is 37.2 Å². The molecule has 1 N–H and O–H groups in total. The van der Waals surface area contributed by atoms with Crippen LogP contribution in [0.25, 0.3) is 0 Å². The first-order valence-corrected chi connectivity index (χ1v) is 13.0. The molecule has 1 saturated heterocycles. The minimum absolute atomic E-state index is 0.0174. The Hall–Kier alpha value is -2.72. The molecule has 34 heavy (non-hydrogen) atoms. The minimum atomic E-state index is -3.86. The standard InChI is InChI=1S/C24H33N3O6S/c1-6-15(2)20-11-7-8-12-21(20)25-23(28)18(5)32-24(29)19-10-9-13-27(14-19)34(30,31)22-16(3)26-33-17(22)4/h7-8,11-12,15,18-19H,6,9-10,13-14H2,1-5H3,(H,25,28). The van der Waals surface area contributed by atoms with Crippen LogP contribution >= 0.6 is 0 Å². The molecule has 2 heterocycles. The van der Waals surface area contributed by atoms with Gasteiger partial charge in [-0.05, 0) is 57.6 Å². The first-order chi connectivity index (χ1) is 16.1. The number of rotatable bonds is 8. The van der Waals surface area contributed by atoms with Crippen molar-refractivity contribution in [1.82, 2.24) is 9.46 Å². The van der Waals surface area contributed by atoms with Gasteiger partial charge in [-0.15, -0.1) is 0 Å². The zero-order valence-electron chi connectivity index (χ0n) is 20.3. The fourth-order valence-corrected chi connectivity index (χ4v) is 5.96. The van der Waals surface area contributed by atoms with Gasteiger partial charge >= 0.3 is 5.97 Å². The summed E-state index contributed by atoms with van der Waals surface area (Å²) in [5.74, 6) is -1.20. The van der Waals surface area contributed by atoms with E-state index in [0.29, 0.717) is 25.1 Å². The zero-order chi connectivity index (χ0) is 25.0. The summed E-state index contributed by atoms with van der Waals surface area (Å²) >= 11 is 0. The molecular formula is C24H33N3O6S. The van der Waals surface area contributed by atoms with Crippen LogP contribution in [0.2, 0.25) is 0 Å². The number of para-hydroxylation sites is 1. The number of aromatic nitrogens is 1. The van der Waals surface area contributed by atoms with Crippen molar-refractivity contribution in [3.63, 3.8) is 0 Å². The van der Waals surface area contributed by atoms with Crippen LogP contribution in [0.3, 0.4) is 0 Å². The number of piperidine rings is 1. The molecule has 3 atom stereocenters. The Morgan fingerprint density at radius 3 is 2.62 bits per heavy atom. The van der Waals surface area contributed by atoms with Crippen molar-refractivity contribution in [3.8, 4) is 0 Å². The van der Waals surface area contributed by atoms with E-state index in [-0.39, 0.29) is 28.8 Å². The Morgan fingerprint density at radius 2 is 1.97 bits per heavy atom. The van der Waals surface area contributed by atoms with Crippen molar-refractivity contribution in [3.05, 3.63) is 41.3 Å². The number of esters is 1. The van der Waals surface area contributed by atoms with Gasteiger partial charge in [-0.2, -0.15) is 4.31 Å². The number of benzene rings is 1. The summed E-state index contributed by atoms with van der Waals surface area (Å²) in [6, 6.07) is 7.56. The van der Waals surface area contributed by atoms with E-state index in [4.69, 9.17) is 9.26 Å². The first-order valence-electron chi connectivity index (χ1n) is 11.6. The van der Waals surface area contributed by atoms with Crippen molar-refractivity contribution < 1.29 is 27.3 Å². The van der Waals surface area contributed by atoms with Gasteiger partial charge in [0, 0.05) is 18.8 Å². The summed E-state index contributed by atoms with van der Waals surface area (Å²) in [5.41, 5.74) is 1.99.